The molecule has 2 heterocycles. The van der Waals surface area contributed by atoms with E-state index in [4.69, 9.17) is 4.74 Å². The van der Waals surface area contributed by atoms with Gasteiger partial charge in [0.1, 0.15) is 5.60 Å². The molecule has 1 N–H and O–H groups in total. The highest BCUT2D eigenvalue weighted by Gasteiger charge is 2.45. The number of carbonyl (C=O) groups is 3. The van der Waals surface area contributed by atoms with Crippen LogP contribution in [0.2, 0.25) is 0 Å². The van der Waals surface area contributed by atoms with Crippen LogP contribution >= 0.6 is 0 Å². The lowest BCUT2D eigenvalue weighted by Crippen LogP contribution is -2.53. The summed E-state index contributed by atoms with van der Waals surface area (Å²) >= 11 is 0. The zero-order chi connectivity index (χ0) is 15.7. The van der Waals surface area contributed by atoms with E-state index in [9.17, 15) is 14.4 Å². The van der Waals surface area contributed by atoms with Crippen LogP contribution in [0.1, 0.15) is 52.9 Å². The van der Waals surface area contributed by atoms with Gasteiger partial charge in [0.2, 0.25) is 11.8 Å². The van der Waals surface area contributed by atoms with E-state index in [2.05, 4.69) is 5.32 Å². The van der Waals surface area contributed by atoms with E-state index in [-0.39, 0.29) is 17.9 Å². The van der Waals surface area contributed by atoms with E-state index >= 15 is 0 Å². The molecule has 118 valence electrons. The van der Waals surface area contributed by atoms with Crippen molar-refractivity contribution in [3.8, 4) is 0 Å². The highest BCUT2D eigenvalue weighted by molar-refractivity contribution is 5.99. The smallest absolute Gasteiger partial charge is 0.410 e. The van der Waals surface area contributed by atoms with Crippen LogP contribution in [0.5, 0.6) is 0 Å². The number of likely N-dealkylation sites (tertiary alicyclic amines) is 1. The number of nitrogens with zero attached hydrogens (tertiary/aromatic N) is 1. The average molecular weight is 296 g/mol. The molecule has 1 unspecified atom stereocenters. The van der Waals surface area contributed by atoms with Crippen molar-refractivity contribution in [2.24, 2.45) is 5.41 Å². The molecule has 0 aromatic heterocycles. The van der Waals surface area contributed by atoms with Crippen molar-refractivity contribution in [1.82, 2.24) is 10.2 Å². The molecule has 0 aromatic carbocycles. The van der Waals surface area contributed by atoms with Crippen LogP contribution in [-0.2, 0) is 14.3 Å². The summed E-state index contributed by atoms with van der Waals surface area (Å²) in [6, 6.07) is 0. The molecule has 2 saturated heterocycles. The van der Waals surface area contributed by atoms with Crippen LogP contribution in [0.25, 0.3) is 0 Å². The van der Waals surface area contributed by atoms with Crippen LogP contribution in [-0.4, -0.2) is 41.5 Å². The molecule has 1 atom stereocenters. The Hall–Kier alpha value is -1.59. The summed E-state index contributed by atoms with van der Waals surface area (Å²) in [7, 11) is 0. The molecule has 0 saturated carbocycles. The lowest BCUT2D eigenvalue weighted by atomic mass is 9.76. The molecule has 0 aromatic rings. The Morgan fingerprint density at radius 1 is 1.24 bits per heavy atom. The molecule has 0 radical (unpaired) electrons. The van der Waals surface area contributed by atoms with Crippen LogP contribution in [0.15, 0.2) is 0 Å². The number of nitrogens with one attached hydrogen (secondary N) is 1. The standard InChI is InChI=1S/C15H24N2O4/c1-14(2,3)21-13(20)17-9-5-8-15(10-17)7-4-6-11(18)16-12(15)19/h4-10H2,1-3H3,(H,16,18,19). The molecule has 2 fully saturated rings. The lowest BCUT2D eigenvalue weighted by Gasteiger charge is -2.41. The van der Waals surface area contributed by atoms with Gasteiger partial charge in [-0.15, -0.1) is 0 Å². The highest BCUT2D eigenvalue weighted by atomic mass is 16.6. The molecular formula is C15H24N2O4. The fourth-order valence-corrected chi connectivity index (χ4v) is 3.03. The Morgan fingerprint density at radius 2 is 1.90 bits per heavy atom. The zero-order valence-electron chi connectivity index (χ0n) is 13.0. The Balaban J connectivity index is 2.10. The van der Waals surface area contributed by atoms with Crippen molar-refractivity contribution in [1.29, 1.82) is 0 Å². The van der Waals surface area contributed by atoms with Crippen LogP contribution < -0.4 is 5.32 Å². The van der Waals surface area contributed by atoms with E-state index in [0.717, 1.165) is 6.42 Å². The predicted octanol–water partition coefficient (Wildman–Crippen LogP) is 1.83. The van der Waals surface area contributed by atoms with Gasteiger partial charge in [-0.05, 0) is 46.5 Å². The van der Waals surface area contributed by atoms with E-state index < -0.39 is 11.0 Å². The maximum absolute atomic E-state index is 12.3. The van der Waals surface area contributed by atoms with E-state index in [0.29, 0.717) is 38.8 Å². The summed E-state index contributed by atoms with van der Waals surface area (Å²) in [6.45, 7) is 6.39. The fraction of sp³-hybridized carbons (Fsp3) is 0.800. The van der Waals surface area contributed by atoms with Gasteiger partial charge in [-0.3, -0.25) is 14.9 Å². The first kappa shape index (κ1) is 15.8. The van der Waals surface area contributed by atoms with E-state index in [1.54, 1.807) is 4.90 Å². The minimum atomic E-state index is -0.638. The van der Waals surface area contributed by atoms with Crippen molar-refractivity contribution < 1.29 is 19.1 Å². The average Bonchev–Trinajstić information content (AvgIpc) is 2.48. The molecule has 0 aliphatic carbocycles. The molecule has 3 amide bonds. The van der Waals surface area contributed by atoms with Gasteiger partial charge in [0, 0.05) is 19.5 Å². The van der Waals surface area contributed by atoms with Crippen LogP contribution in [0.3, 0.4) is 0 Å². The summed E-state index contributed by atoms with van der Waals surface area (Å²) in [5.41, 5.74) is -1.19. The number of piperidine rings is 1. The summed E-state index contributed by atoms with van der Waals surface area (Å²) in [6.07, 6.45) is 2.78. The number of amides is 3. The molecule has 21 heavy (non-hydrogen) atoms. The van der Waals surface area contributed by atoms with Crippen molar-refractivity contribution >= 4 is 17.9 Å². The number of hydrogen-bond donors (Lipinski definition) is 1. The molecular weight excluding hydrogens is 272 g/mol. The quantitative estimate of drug-likeness (QED) is 0.692. The van der Waals surface area contributed by atoms with Gasteiger partial charge < -0.3 is 9.64 Å². The lowest BCUT2D eigenvalue weighted by molar-refractivity contribution is -0.137. The van der Waals surface area contributed by atoms with Gasteiger partial charge in [-0.25, -0.2) is 4.79 Å². The maximum atomic E-state index is 12.3. The monoisotopic (exact) mass is 296 g/mol. The Labute approximate surface area is 125 Å². The zero-order valence-corrected chi connectivity index (χ0v) is 13.0. The van der Waals surface area contributed by atoms with E-state index in [1.807, 2.05) is 20.8 Å². The van der Waals surface area contributed by atoms with Gasteiger partial charge in [-0.2, -0.15) is 0 Å². The third-order valence-corrected chi connectivity index (χ3v) is 4.02. The number of ether oxygens (including phenoxy) is 1. The number of carbonyl (C=O) groups excluding carboxylic acids is 3. The topological polar surface area (TPSA) is 75.7 Å². The number of rotatable bonds is 0. The first-order valence-electron chi connectivity index (χ1n) is 7.54. The Morgan fingerprint density at radius 3 is 2.57 bits per heavy atom. The van der Waals surface area contributed by atoms with E-state index in [1.165, 1.54) is 0 Å². The fourth-order valence-electron chi connectivity index (χ4n) is 3.03. The summed E-state index contributed by atoms with van der Waals surface area (Å²) in [4.78, 5) is 37.6. The molecule has 1 spiro atoms. The predicted molar refractivity (Wildman–Crippen MR) is 76.5 cm³/mol. The van der Waals surface area contributed by atoms with Gasteiger partial charge in [0.15, 0.2) is 0 Å². The van der Waals surface area contributed by atoms with Crippen LogP contribution in [0, 0.1) is 5.41 Å². The molecule has 6 nitrogen and oxygen atoms in total. The first-order chi connectivity index (χ1) is 9.72. The number of hydrogen-bond acceptors (Lipinski definition) is 4. The van der Waals surface area contributed by atoms with Gasteiger partial charge in [0.25, 0.3) is 0 Å². The molecule has 2 aliphatic rings. The molecule has 6 heteroatoms. The highest BCUT2D eigenvalue weighted by Crippen LogP contribution is 2.37. The summed E-state index contributed by atoms with van der Waals surface area (Å²) in [5, 5.41) is 2.45. The third-order valence-electron chi connectivity index (χ3n) is 4.02. The Bertz CT molecular complexity index is 455. The Kier molecular flexibility index (Phi) is 4.25. The number of imide groups is 1. The van der Waals surface area contributed by atoms with Crippen molar-refractivity contribution in [3.63, 3.8) is 0 Å². The largest absolute Gasteiger partial charge is 0.444 e. The SMILES string of the molecule is CC(C)(C)OC(=O)N1CCCC2(CCCC(=O)NC2=O)C1. The van der Waals surface area contributed by atoms with Gasteiger partial charge in [-0.1, -0.05) is 0 Å². The first-order valence-corrected chi connectivity index (χ1v) is 7.54. The minimum Gasteiger partial charge on any atom is -0.444 e. The summed E-state index contributed by atoms with van der Waals surface area (Å²) in [5.74, 6) is -0.454. The molecule has 0 bridgehead atoms. The minimum absolute atomic E-state index is 0.216. The van der Waals surface area contributed by atoms with Crippen molar-refractivity contribution in [2.45, 2.75) is 58.5 Å². The molecule has 2 aliphatic heterocycles. The van der Waals surface area contributed by atoms with Crippen molar-refractivity contribution in [3.05, 3.63) is 0 Å². The second kappa shape index (κ2) is 5.66. The third kappa shape index (κ3) is 3.74. The summed E-state index contributed by atoms with van der Waals surface area (Å²) < 4.78 is 5.39. The van der Waals surface area contributed by atoms with Gasteiger partial charge in [0.05, 0.1) is 5.41 Å². The molecule has 2 rings (SSSR count). The van der Waals surface area contributed by atoms with Crippen molar-refractivity contribution in [2.75, 3.05) is 13.1 Å². The second-order valence-corrected chi connectivity index (χ2v) is 7.02. The van der Waals surface area contributed by atoms with Gasteiger partial charge >= 0.3 is 6.09 Å². The normalized spacial score (nSPS) is 27.3. The second-order valence-electron chi connectivity index (χ2n) is 7.02. The van der Waals surface area contributed by atoms with Crippen LogP contribution in [0.4, 0.5) is 4.79 Å². The maximum Gasteiger partial charge on any atom is 0.410 e.